The molecule has 7 nitrogen and oxygen atoms in total. The molecule has 0 bridgehead atoms. The normalized spacial score (nSPS) is 17.5. The van der Waals surface area contributed by atoms with E-state index < -0.39 is 5.60 Å². The molecular formula is C20H36IN5O2S. The number of aliphatic imine (C=N–C) groups is 1. The second kappa shape index (κ2) is 11.9. The molecule has 1 unspecified atom stereocenters. The van der Waals surface area contributed by atoms with E-state index in [1.807, 2.05) is 32.6 Å². The molecule has 1 amide bonds. The molecule has 0 aliphatic carbocycles. The number of likely N-dealkylation sites (tertiary alicyclic amines) is 1. The Kier molecular flexibility index (Phi) is 10.7. The van der Waals surface area contributed by atoms with Gasteiger partial charge in [-0.2, -0.15) is 0 Å². The first-order valence-corrected chi connectivity index (χ1v) is 10.8. The second-order valence-electron chi connectivity index (χ2n) is 8.33. The lowest BCUT2D eigenvalue weighted by molar-refractivity contribution is 0.0162. The van der Waals surface area contributed by atoms with E-state index in [9.17, 15) is 4.79 Å². The van der Waals surface area contributed by atoms with Crippen LogP contribution in [0.15, 0.2) is 4.99 Å². The van der Waals surface area contributed by atoms with Crippen molar-refractivity contribution in [2.75, 3.05) is 26.7 Å². The molecule has 1 aromatic rings. The van der Waals surface area contributed by atoms with E-state index in [0.717, 1.165) is 55.6 Å². The SMILES string of the molecule is CN=C(NCCC1CCCN(C(=O)OC(C)(C)C)C1)NCc1nc(C)c(C)s1.I. The number of aromatic nitrogens is 1. The summed E-state index contributed by atoms with van der Waals surface area (Å²) in [6, 6.07) is 0. The van der Waals surface area contributed by atoms with Crippen LogP contribution < -0.4 is 10.6 Å². The lowest BCUT2D eigenvalue weighted by Gasteiger charge is -2.34. The first-order chi connectivity index (χ1) is 13.2. The third-order valence-corrected chi connectivity index (χ3v) is 5.79. The van der Waals surface area contributed by atoms with Gasteiger partial charge in [-0.25, -0.2) is 9.78 Å². The highest BCUT2D eigenvalue weighted by molar-refractivity contribution is 14.0. The number of thiazole rings is 1. The standard InChI is InChI=1S/C20H35N5O2S.HI/c1-14-15(2)28-17(24-14)12-23-18(21-6)22-10-9-16-8-7-11-25(13-16)19(26)27-20(3,4)5;/h16H,7-13H2,1-6H3,(H2,21,22,23);1H. The minimum Gasteiger partial charge on any atom is -0.444 e. The molecule has 0 radical (unpaired) electrons. The first kappa shape index (κ1) is 25.9. The molecule has 1 fully saturated rings. The van der Waals surface area contributed by atoms with Crippen LogP contribution >= 0.6 is 35.3 Å². The van der Waals surface area contributed by atoms with Gasteiger partial charge in [-0.05, 0) is 59.8 Å². The number of nitrogens with one attached hydrogen (secondary N) is 2. The minimum atomic E-state index is -0.446. The zero-order valence-corrected chi connectivity index (χ0v) is 21.6. The molecule has 29 heavy (non-hydrogen) atoms. The van der Waals surface area contributed by atoms with Crippen LogP contribution in [0.4, 0.5) is 4.79 Å². The van der Waals surface area contributed by atoms with Crippen molar-refractivity contribution in [1.29, 1.82) is 0 Å². The second-order valence-corrected chi connectivity index (χ2v) is 9.61. The van der Waals surface area contributed by atoms with Crippen molar-refractivity contribution in [3.63, 3.8) is 0 Å². The van der Waals surface area contributed by atoms with Crippen molar-refractivity contribution < 1.29 is 9.53 Å². The number of hydrogen-bond acceptors (Lipinski definition) is 5. The fourth-order valence-electron chi connectivity index (χ4n) is 3.18. The summed E-state index contributed by atoms with van der Waals surface area (Å²) in [5.74, 6) is 1.27. The molecule has 1 atom stereocenters. The number of ether oxygens (including phenoxy) is 1. The van der Waals surface area contributed by atoms with Gasteiger partial charge >= 0.3 is 6.09 Å². The molecule has 0 saturated carbocycles. The average Bonchev–Trinajstić information content (AvgIpc) is 2.94. The predicted octanol–water partition coefficient (Wildman–Crippen LogP) is 4.08. The van der Waals surface area contributed by atoms with Crippen LogP contribution in [0.3, 0.4) is 0 Å². The van der Waals surface area contributed by atoms with E-state index in [0.29, 0.717) is 12.5 Å². The van der Waals surface area contributed by atoms with Crippen LogP contribution in [-0.4, -0.2) is 54.2 Å². The van der Waals surface area contributed by atoms with Gasteiger partial charge < -0.3 is 20.3 Å². The van der Waals surface area contributed by atoms with Gasteiger partial charge in [-0.1, -0.05) is 0 Å². The van der Waals surface area contributed by atoms with Crippen LogP contribution in [-0.2, 0) is 11.3 Å². The number of halogens is 1. The highest BCUT2D eigenvalue weighted by Gasteiger charge is 2.27. The minimum absolute atomic E-state index is 0. The van der Waals surface area contributed by atoms with E-state index in [1.54, 1.807) is 18.4 Å². The Labute approximate surface area is 196 Å². The number of rotatable bonds is 5. The predicted molar refractivity (Wildman–Crippen MR) is 130 cm³/mol. The summed E-state index contributed by atoms with van der Waals surface area (Å²) >= 11 is 1.71. The Morgan fingerprint density at radius 1 is 1.34 bits per heavy atom. The molecule has 166 valence electrons. The molecule has 2 rings (SSSR count). The van der Waals surface area contributed by atoms with Gasteiger partial charge in [-0.15, -0.1) is 35.3 Å². The summed E-state index contributed by atoms with van der Waals surface area (Å²) in [6.07, 6.45) is 2.97. The van der Waals surface area contributed by atoms with Crippen LogP contribution in [0.25, 0.3) is 0 Å². The van der Waals surface area contributed by atoms with E-state index in [4.69, 9.17) is 4.74 Å². The zero-order chi connectivity index (χ0) is 20.7. The van der Waals surface area contributed by atoms with Crippen molar-refractivity contribution in [3.8, 4) is 0 Å². The maximum Gasteiger partial charge on any atom is 0.410 e. The molecule has 0 spiro atoms. The Bertz CT molecular complexity index is 667. The van der Waals surface area contributed by atoms with Crippen molar-refractivity contribution in [2.45, 2.75) is 66.0 Å². The van der Waals surface area contributed by atoms with Gasteiger partial charge in [0.25, 0.3) is 0 Å². The summed E-state index contributed by atoms with van der Waals surface area (Å²) < 4.78 is 5.51. The molecule has 1 saturated heterocycles. The van der Waals surface area contributed by atoms with Crippen molar-refractivity contribution in [2.24, 2.45) is 10.9 Å². The summed E-state index contributed by atoms with van der Waals surface area (Å²) in [5.41, 5.74) is 0.648. The average molecular weight is 538 g/mol. The Hall–Kier alpha value is -1.10. The maximum atomic E-state index is 12.3. The van der Waals surface area contributed by atoms with Gasteiger partial charge in [0.15, 0.2) is 5.96 Å². The van der Waals surface area contributed by atoms with Gasteiger partial charge in [0.05, 0.1) is 12.2 Å². The highest BCUT2D eigenvalue weighted by atomic mass is 127. The fraction of sp³-hybridized carbons (Fsp3) is 0.750. The summed E-state index contributed by atoms with van der Waals surface area (Å²) in [5, 5.41) is 7.76. The Morgan fingerprint density at radius 3 is 2.66 bits per heavy atom. The van der Waals surface area contributed by atoms with Gasteiger partial charge in [0.2, 0.25) is 0 Å². The van der Waals surface area contributed by atoms with E-state index >= 15 is 0 Å². The van der Waals surface area contributed by atoms with E-state index in [1.165, 1.54) is 4.88 Å². The number of hydrogen-bond donors (Lipinski definition) is 2. The van der Waals surface area contributed by atoms with Gasteiger partial charge in [0, 0.05) is 31.6 Å². The number of piperidine rings is 1. The van der Waals surface area contributed by atoms with Crippen molar-refractivity contribution in [1.82, 2.24) is 20.5 Å². The van der Waals surface area contributed by atoms with Crippen LogP contribution in [0, 0.1) is 19.8 Å². The number of guanidine groups is 1. The van der Waals surface area contributed by atoms with Crippen molar-refractivity contribution >= 4 is 47.4 Å². The third kappa shape index (κ3) is 9.06. The molecule has 1 aromatic heterocycles. The molecule has 2 N–H and O–H groups in total. The summed E-state index contributed by atoms with van der Waals surface area (Å²) in [6.45, 7) is 12.9. The topological polar surface area (TPSA) is 78.9 Å². The molecule has 1 aliphatic heterocycles. The van der Waals surface area contributed by atoms with E-state index in [-0.39, 0.29) is 30.1 Å². The lowest BCUT2D eigenvalue weighted by atomic mass is 9.95. The van der Waals surface area contributed by atoms with E-state index in [2.05, 4.69) is 27.5 Å². The third-order valence-electron chi connectivity index (χ3n) is 4.72. The number of carbonyl (C=O) groups excluding carboxylic acids is 1. The monoisotopic (exact) mass is 537 g/mol. The van der Waals surface area contributed by atoms with Gasteiger partial charge in [0.1, 0.15) is 10.6 Å². The largest absolute Gasteiger partial charge is 0.444 e. The molecule has 0 aromatic carbocycles. The zero-order valence-electron chi connectivity index (χ0n) is 18.5. The van der Waals surface area contributed by atoms with Crippen LogP contribution in [0.1, 0.15) is 55.6 Å². The van der Waals surface area contributed by atoms with Gasteiger partial charge in [-0.3, -0.25) is 4.99 Å². The lowest BCUT2D eigenvalue weighted by Crippen LogP contribution is -2.44. The maximum absolute atomic E-state index is 12.3. The molecule has 1 aliphatic rings. The molecule has 9 heteroatoms. The molecule has 2 heterocycles. The highest BCUT2D eigenvalue weighted by Crippen LogP contribution is 2.21. The smallest absolute Gasteiger partial charge is 0.410 e. The number of nitrogens with zero attached hydrogens (tertiary/aromatic N) is 3. The number of carbonyl (C=O) groups is 1. The number of amides is 1. The van der Waals surface area contributed by atoms with Crippen molar-refractivity contribution in [3.05, 3.63) is 15.6 Å². The van der Waals surface area contributed by atoms with Crippen LogP contribution in [0.5, 0.6) is 0 Å². The Balaban J connectivity index is 0.00000420. The quantitative estimate of drug-likeness (QED) is 0.336. The first-order valence-electron chi connectivity index (χ1n) is 10.0. The Morgan fingerprint density at radius 2 is 2.07 bits per heavy atom. The summed E-state index contributed by atoms with van der Waals surface area (Å²) in [4.78, 5) is 24.2. The van der Waals surface area contributed by atoms with Crippen LogP contribution in [0.2, 0.25) is 0 Å². The summed E-state index contributed by atoms with van der Waals surface area (Å²) in [7, 11) is 1.78. The molecular weight excluding hydrogens is 501 g/mol. The number of aryl methyl sites for hydroxylation is 2. The fourth-order valence-corrected chi connectivity index (χ4v) is 4.06.